The summed E-state index contributed by atoms with van der Waals surface area (Å²) in [7, 11) is 0. The lowest BCUT2D eigenvalue weighted by Gasteiger charge is -2.22. The highest BCUT2D eigenvalue weighted by Gasteiger charge is 2.17. The van der Waals surface area contributed by atoms with Gasteiger partial charge in [0, 0.05) is 17.8 Å². The number of nitrogens with zero attached hydrogens (tertiary/aromatic N) is 1. The molecule has 0 radical (unpaired) electrons. The molecule has 0 bridgehead atoms. The third kappa shape index (κ3) is 2.80. The van der Waals surface area contributed by atoms with Crippen molar-refractivity contribution in [2.75, 3.05) is 0 Å². The van der Waals surface area contributed by atoms with Crippen LogP contribution in [0.15, 0.2) is 36.7 Å². The minimum absolute atomic E-state index is 0.0955. The summed E-state index contributed by atoms with van der Waals surface area (Å²) in [6.07, 6.45) is 6.03. The molecule has 0 aliphatic heterocycles. The number of hydrogen-bond donors (Lipinski definition) is 1. The summed E-state index contributed by atoms with van der Waals surface area (Å²) in [6.45, 7) is 0.304. The van der Waals surface area contributed by atoms with Crippen molar-refractivity contribution in [1.82, 2.24) is 4.98 Å². The largest absolute Gasteiger partial charge is 0.489 e. The first-order valence-electron chi connectivity index (χ1n) is 6.83. The number of aromatic nitrogens is 1. The number of halogens is 1. The lowest BCUT2D eigenvalue weighted by Crippen LogP contribution is -2.17. The maximum absolute atomic E-state index is 13.0. The predicted octanol–water partition coefficient (Wildman–Crippen LogP) is 3.14. The molecule has 104 valence electrons. The highest BCUT2D eigenvalue weighted by atomic mass is 19.1. The topological polar surface area (TPSA) is 48.1 Å². The van der Waals surface area contributed by atoms with E-state index >= 15 is 0 Å². The quantitative estimate of drug-likeness (QED) is 0.933. The van der Waals surface area contributed by atoms with Crippen LogP contribution in [0.5, 0.6) is 5.75 Å². The number of benzene rings is 1. The molecule has 0 saturated heterocycles. The lowest BCUT2D eigenvalue weighted by atomic mass is 9.88. The van der Waals surface area contributed by atoms with Crippen molar-refractivity contribution >= 4 is 0 Å². The third-order valence-electron chi connectivity index (χ3n) is 3.65. The van der Waals surface area contributed by atoms with Crippen LogP contribution < -0.4 is 10.5 Å². The second kappa shape index (κ2) is 5.59. The van der Waals surface area contributed by atoms with Crippen LogP contribution >= 0.6 is 0 Å². The van der Waals surface area contributed by atoms with E-state index in [1.165, 1.54) is 23.4 Å². The molecule has 3 nitrogen and oxygen atoms in total. The Labute approximate surface area is 117 Å². The van der Waals surface area contributed by atoms with Crippen LogP contribution in [0.1, 0.15) is 35.6 Å². The molecule has 0 amide bonds. The number of nitrogens with two attached hydrogens (primary N) is 1. The SMILES string of the molecule is N[C@H]1CCCc2ccc(OCc3cncc(F)c3)cc21. The fraction of sp³-hybridized carbons (Fsp3) is 0.312. The van der Waals surface area contributed by atoms with Crippen LogP contribution in [0, 0.1) is 5.82 Å². The van der Waals surface area contributed by atoms with Gasteiger partial charge in [0.1, 0.15) is 18.2 Å². The van der Waals surface area contributed by atoms with E-state index in [1.807, 2.05) is 12.1 Å². The van der Waals surface area contributed by atoms with E-state index in [0.717, 1.165) is 25.0 Å². The number of rotatable bonds is 3. The Morgan fingerprint density at radius 3 is 3.05 bits per heavy atom. The van der Waals surface area contributed by atoms with Crippen molar-refractivity contribution in [2.45, 2.75) is 31.9 Å². The van der Waals surface area contributed by atoms with Crippen molar-refractivity contribution in [1.29, 1.82) is 0 Å². The minimum Gasteiger partial charge on any atom is -0.489 e. The first-order valence-corrected chi connectivity index (χ1v) is 6.83. The van der Waals surface area contributed by atoms with E-state index in [9.17, 15) is 4.39 Å². The van der Waals surface area contributed by atoms with Gasteiger partial charge in [0.25, 0.3) is 0 Å². The van der Waals surface area contributed by atoms with E-state index in [-0.39, 0.29) is 11.9 Å². The maximum atomic E-state index is 13.0. The zero-order valence-electron chi connectivity index (χ0n) is 11.2. The van der Waals surface area contributed by atoms with Gasteiger partial charge in [-0.2, -0.15) is 0 Å². The Bertz CT molecular complexity index is 615. The van der Waals surface area contributed by atoms with E-state index < -0.39 is 0 Å². The summed E-state index contributed by atoms with van der Waals surface area (Å²) in [4.78, 5) is 3.80. The number of ether oxygens (including phenoxy) is 1. The van der Waals surface area contributed by atoms with Gasteiger partial charge in [0.2, 0.25) is 0 Å². The van der Waals surface area contributed by atoms with E-state index in [0.29, 0.717) is 12.2 Å². The Morgan fingerprint density at radius 1 is 1.30 bits per heavy atom. The molecule has 1 aromatic heterocycles. The number of fused-ring (bicyclic) bond motifs is 1. The van der Waals surface area contributed by atoms with Crippen LogP contribution in [0.2, 0.25) is 0 Å². The summed E-state index contributed by atoms with van der Waals surface area (Å²) in [5.41, 5.74) is 9.32. The molecule has 1 atom stereocenters. The zero-order valence-corrected chi connectivity index (χ0v) is 11.2. The van der Waals surface area contributed by atoms with Gasteiger partial charge in [-0.05, 0) is 48.6 Å². The van der Waals surface area contributed by atoms with Gasteiger partial charge in [-0.1, -0.05) is 6.07 Å². The van der Waals surface area contributed by atoms with Gasteiger partial charge in [-0.15, -0.1) is 0 Å². The summed E-state index contributed by atoms with van der Waals surface area (Å²) < 4.78 is 18.7. The van der Waals surface area contributed by atoms with Crippen LogP contribution in [-0.4, -0.2) is 4.98 Å². The Kier molecular flexibility index (Phi) is 3.65. The molecule has 1 heterocycles. The maximum Gasteiger partial charge on any atom is 0.141 e. The predicted molar refractivity (Wildman–Crippen MR) is 74.8 cm³/mol. The molecule has 4 heteroatoms. The van der Waals surface area contributed by atoms with Crippen molar-refractivity contribution in [3.05, 3.63) is 59.2 Å². The fourth-order valence-corrected chi connectivity index (χ4v) is 2.61. The monoisotopic (exact) mass is 272 g/mol. The van der Waals surface area contributed by atoms with Crippen molar-refractivity contribution in [3.8, 4) is 5.75 Å². The molecule has 1 aliphatic carbocycles. The van der Waals surface area contributed by atoms with Crippen LogP contribution in [-0.2, 0) is 13.0 Å². The Hall–Kier alpha value is -1.94. The number of aryl methyl sites for hydroxylation is 1. The number of pyridine rings is 1. The number of hydrogen-bond acceptors (Lipinski definition) is 3. The Morgan fingerprint density at radius 2 is 2.20 bits per heavy atom. The molecule has 0 fully saturated rings. The molecule has 20 heavy (non-hydrogen) atoms. The van der Waals surface area contributed by atoms with Crippen LogP contribution in [0.4, 0.5) is 4.39 Å². The standard InChI is InChI=1S/C16H17FN2O/c17-13-6-11(8-19-9-13)10-20-14-5-4-12-2-1-3-16(18)15(12)7-14/h4-9,16H,1-3,10,18H2/t16-/m0/s1. The highest BCUT2D eigenvalue weighted by Crippen LogP contribution is 2.31. The van der Waals surface area contributed by atoms with Gasteiger partial charge in [0.05, 0.1) is 6.20 Å². The zero-order chi connectivity index (χ0) is 13.9. The van der Waals surface area contributed by atoms with Gasteiger partial charge in [-0.3, -0.25) is 4.98 Å². The fourth-order valence-electron chi connectivity index (χ4n) is 2.61. The van der Waals surface area contributed by atoms with Crippen LogP contribution in [0.3, 0.4) is 0 Å². The summed E-state index contributed by atoms with van der Waals surface area (Å²) >= 11 is 0. The van der Waals surface area contributed by atoms with E-state index in [1.54, 1.807) is 6.20 Å². The average molecular weight is 272 g/mol. The van der Waals surface area contributed by atoms with Gasteiger partial charge < -0.3 is 10.5 Å². The van der Waals surface area contributed by atoms with Crippen molar-refractivity contribution in [3.63, 3.8) is 0 Å². The molecule has 1 aromatic carbocycles. The third-order valence-corrected chi connectivity index (χ3v) is 3.65. The molecular weight excluding hydrogens is 255 g/mol. The van der Waals surface area contributed by atoms with Gasteiger partial charge >= 0.3 is 0 Å². The molecule has 3 rings (SSSR count). The summed E-state index contributed by atoms with van der Waals surface area (Å²) in [6, 6.07) is 7.55. The molecule has 2 N–H and O–H groups in total. The smallest absolute Gasteiger partial charge is 0.141 e. The summed E-state index contributed by atoms with van der Waals surface area (Å²) in [5, 5.41) is 0. The summed E-state index contributed by atoms with van der Waals surface area (Å²) in [5.74, 6) is 0.420. The molecular formula is C16H17FN2O. The van der Waals surface area contributed by atoms with Gasteiger partial charge in [0.15, 0.2) is 0 Å². The normalized spacial score (nSPS) is 17.6. The van der Waals surface area contributed by atoms with Crippen molar-refractivity contribution < 1.29 is 9.13 Å². The average Bonchev–Trinajstić information content (AvgIpc) is 2.46. The van der Waals surface area contributed by atoms with E-state index in [2.05, 4.69) is 11.1 Å². The second-order valence-electron chi connectivity index (χ2n) is 5.16. The minimum atomic E-state index is -0.349. The van der Waals surface area contributed by atoms with Crippen LogP contribution in [0.25, 0.3) is 0 Å². The van der Waals surface area contributed by atoms with E-state index in [4.69, 9.17) is 10.5 Å². The first-order chi connectivity index (χ1) is 9.72. The molecule has 0 unspecified atom stereocenters. The van der Waals surface area contributed by atoms with Crippen molar-refractivity contribution in [2.24, 2.45) is 5.73 Å². The lowest BCUT2D eigenvalue weighted by molar-refractivity contribution is 0.304. The molecule has 0 spiro atoms. The first kappa shape index (κ1) is 13.1. The molecule has 2 aromatic rings. The van der Waals surface area contributed by atoms with Gasteiger partial charge in [-0.25, -0.2) is 4.39 Å². The molecule has 0 saturated carbocycles. The Balaban J connectivity index is 1.73. The second-order valence-corrected chi connectivity index (χ2v) is 5.16. The highest BCUT2D eigenvalue weighted by molar-refractivity contribution is 5.39. The molecule has 1 aliphatic rings.